The summed E-state index contributed by atoms with van der Waals surface area (Å²) < 4.78 is 27.5. The zero-order valence-electron chi connectivity index (χ0n) is 18.3. The molecular weight excluding hydrogens is 432 g/mol. The number of nitrogens with zero attached hydrogens (tertiary/aromatic N) is 2. The van der Waals surface area contributed by atoms with Gasteiger partial charge in [0.05, 0.1) is 17.2 Å². The van der Waals surface area contributed by atoms with Crippen LogP contribution in [-0.2, 0) is 21.2 Å². The lowest BCUT2D eigenvalue weighted by Crippen LogP contribution is -2.42. The fraction of sp³-hybridized carbons (Fsp3) is 0.636. The fourth-order valence-corrected chi connectivity index (χ4v) is 6.31. The zero-order chi connectivity index (χ0) is 22.3. The Balaban J connectivity index is 1.53. The summed E-state index contributed by atoms with van der Waals surface area (Å²) in [7, 11) is -3.73. The van der Waals surface area contributed by atoms with Crippen LogP contribution in [0.3, 0.4) is 0 Å². The van der Waals surface area contributed by atoms with Crippen molar-refractivity contribution in [2.24, 2.45) is 0 Å². The van der Waals surface area contributed by atoms with Crippen molar-refractivity contribution in [1.29, 1.82) is 5.41 Å². The van der Waals surface area contributed by atoms with Crippen molar-refractivity contribution in [3.05, 3.63) is 29.8 Å². The van der Waals surface area contributed by atoms with E-state index in [1.54, 1.807) is 36.0 Å². The monoisotopic (exact) mass is 466 g/mol. The first-order valence-electron chi connectivity index (χ1n) is 11.2. The minimum Gasteiger partial charge on any atom is -0.355 e. The Labute approximate surface area is 190 Å². The second kappa shape index (κ2) is 11.2. The molecule has 2 N–H and O–H groups in total. The molecule has 172 valence electrons. The quantitative estimate of drug-likeness (QED) is 0.517. The summed E-state index contributed by atoms with van der Waals surface area (Å²) in [4.78, 5) is 14.0. The summed E-state index contributed by atoms with van der Waals surface area (Å²) in [6.45, 7) is 3.55. The van der Waals surface area contributed by atoms with E-state index < -0.39 is 10.0 Å². The molecule has 31 heavy (non-hydrogen) atoms. The molecule has 0 atom stereocenters. The van der Waals surface area contributed by atoms with Crippen LogP contribution >= 0.6 is 11.8 Å². The van der Waals surface area contributed by atoms with Crippen LogP contribution < -0.4 is 5.32 Å². The Morgan fingerprint density at radius 1 is 1.16 bits per heavy atom. The number of sulfonamides is 1. The molecule has 0 unspecified atom stereocenters. The maximum Gasteiger partial charge on any atom is 0.266 e. The first-order chi connectivity index (χ1) is 14.9. The van der Waals surface area contributed by atoms with Gasteiger partial charge in [-0.1, -0.05) is 38.3 Å². The zero-order valence-corrected chi connectivity index (χ0v) is 19.9. The predicted octanol–water partition coefficient (Wildman–Crippen LogP) is 3.06. The van der Waals surface area contributed by atoms with Gasteiger partial charge in [0.2, 0.25) is 11.9 Å². The van der Waals surface area contributed by atoms with E-state index in [9.17, 15) is 13.2 Å². The van der Waals surface area contributed by atoms with Crippen molar-refractivity contribution < 1.29 is 13.2 Å². The lowest BCUT2D eigenvalue weighted by Gasteiger charge is -2.32. The van der Waals surface area contributed by atoms with Gasteiger partial charge in [-0.15, -0.1) is 0 Å². The number of carbonyl (C=O) groups is 1. The van der Waals surface area contributed by atoms with E-state index >= 15 is 0 Å². The first-order valence-corrected chi connectivity index (χ1v) is 13.8. The Hall–Kier alpha value is -1.74. The number of thioether (sulfide) groups is 1. The summed E-state index contributed by atoms with van der Waals surface area (Å²) in [6, 6.07) is 7.10. The van der Waals surface area contributed by atoms with Crippen molar-refractivity contribution in [3.8, 4) is 0 Å². The normalized spacial score (nSPS) is 17.9. The van der Waals surface area contributed by atoms with Crippen molar-refractivity contribution in [3.63, 3.8) is 0 Å². The van der Waals surface area contributed by atoms with E-state index in [1.807, 2.05) is 4.90 Å². The Morgan fingerprint density at radius 2 is 1.87 bits per heavy atom. The van der Waals surface area contributed by atoms with Gasteiger partial charge in [0.15, 0.2) is 0 Å². The van der Waals surface area contributed by atoms with Gasteiger partial charge >= 0.3 is 0 Å². The number of hydrogen-bond acceptors (Lipinski definition) is 5. The highest BCUT2D eigenvalue weighted by Gasteiger charge is 2.38. The molecule has 1 saturated carbocycles. The van der Waals surface area contributed by atoms with Gasteiger partial charge < -0.3 is 10.2 Å². The van der Waals surface area contributed by atoms with Gasteiger partial charge in [-0.3, -0.25) is 10.2 Å². The molecule has 2 aliphatic rings. The Kier molecular flexibility index (Phi) is 8.66. The van der Waals surface area contributed by atoms with Gasteiger partial charge in [0.1, 0.15) is 0 Å². The summed E-state index contributed by atoms with van der Waals surface area (Å²) >= 11 is 1.63. The molecule has 3 rings (SSSR count). The van der Waals surface area contributed by atoms with Crippen LogP contribution in [0, 0.1) is 5.41 Å². The fourth-order valence-electron chi connectivity index (χ4n) is 4.20. The van der Waals surface area contributed by atoms with E-state index in [1.165, 1.54) is 10.7 Å². The van der Waals surface area contributed by atoms with Crippen LogP contribution in [0.15, 0.2) is 29.2 Å². The largest absolute Gasteiger partial charge is 0.355 e. The van der Waals surface area contributed by atoms with Gasteiger partial charge in [0, 0.05) is 19.1 Å². The molecule has 1 amide bonds. The van der Waals surface area contributed by atoms with Crippen LogP contribution in [0.5, 0.6) is 0 Å². The van der Waals surface area contributed by atoms with Crippen molar-refractivity contribution in [2.45, 2.75) is 62.8 Å². The molecule has 1 aromatic rings. The number of amides is 1. The number of rotatable bonds is 10. The second-order valence-corrected chi connectivity index (χ2v) is 11.1. The summed E-state index contributed by atoms with van der Waals surface area (Å²) in [5, 5.41) is 11.4. The third-order valence-electron chi connectivity index (χ3n) is 5.90. The molecule has 1 saturated heterocycles. The highest BCUT2D eigenvalue weighted by atomic mass is 32.2. The third-order valence-corrected chi connectivity index (χ3v) is 8.86. The minimum absolute atomic E-state index is 0.0349. The van der Waals surface area contributed by atoms with E-state index in [4.69, 9.17) is 5.41 Å². The molecule has 9 heteroatoms. The molecule has 0 radical (unpaired) electrons. The van der Waals surface area contributed by atoms with E-state index in [-0.39, 0.29) is 16.8 Å². The van der Waals surface area contributed by atoms with E-state index in [0.717, 1.165) is 43.4 Å². The Morgan fingerprint density at radius 3 is 2.55 bits per heavy atom. The van der Waals surface area contributed by atoms with Crippen LogP contribution in [0.1, 0.15) is 51.0 Å². The van der Waals surface area contributed by atoms with Gasteiger partial charge in [-0.05, 0) is 49.1 Å². The third kappa shape index (κ3) is 6.16. The number of nitrogens with one attached hydrogen (secondary N) is 2. The molecule has 1 aromatic carbocycles. The molecule has 2 fully saturated rings. The van der Waals surface area contributed by atoms with E-state index in [0.29, 0.717) is 37.8 Å². The standard InChI is InChI=1S/C22H34N4O3S2/c1-2-16-30-17-21(27)24-13-12-18-8-10-20(11-9-18)31(28,29)26-15-14-25(22(26)23)19-6-4-3-5-7-19/h8-11,19,23H,2-7,12-17H2,1H3,(H,24,27). The lowest BCUT2D eigenvalue weighted by atomic mass is 9.94. The van der Waals surface area contributed by atoms with Crippen LogP contribution in [0.25, 0.3) is 0 Å². The smallest absolute Gasteiger partial charge is 0.266 e. The van der Waals surface area contributed by atoms with Gasteiger partial charge in [-0.25, -0.2) is 12.7 Å². The van der Waals surface area contributed by atoms with Crippen LogP contribution in [0.4, 0.5) is 0 Å². The summed E-state index contributed by atoms with van der Waals surface area (Å²) in [6.07, 6.45) is 7.33. The molecular formula is C22H34N4O3S2. The second-order valence-electron chi connectivity index (χ2n) is 8.18. The summed E-state index contributed by atoms with van der Waals surface area (Å²) in [5.41, 5.74) is 0.973. The van der Waals surface area contributed by atoms with E-state index in [2.05, 4.69) is 12.2 Å². The average Bonchev–Trinajstić information content (AvgIpc) is 3.17. The van der Waals surface area contributed by atoms with Crippen molar-refractivity contribution in [2.75, 3.05) is 31.1 Å². The number of carbonyl (C=O) groups excluding carboxylic acids is 1. The molecule has 0 spiro atoms. The highest BCUT2D eigenvalue weighted by molar-refractivity contribution is 7.99. The molecule has 0 aromatic heterocycles. The highest BCUT2D eigenvalue weighted by Crippen LogP contribution is 2.28. The molecule has 1 aliphatic carbocycles. The molecule has 1 aliphatic heterocycles. The van der Waals surface area contributed by atoms with Crippen LogP contribution in [-0.4, -0.2) is 66.7 Å². The Bertz CT molecular complexity index is 852. The maximum atomic E-state index is 13.1. The maximum absolute atomic E-state index is 13.1. The number of hydrogen-bond donors (Lipinski definition) is 2. The summed E-state index contributed by atoms with van der Waals surface area (Å²) in [5.74, 6) is 1.60. The first kappa shape index (κ1) is 23.9. The van der Waals surface area contributed by atoms with Crippen molar-refractivity contribution in [1.82, 2.24) is 14.5 Å². The molecule has 0 bridgehead atoms. The average molecular weight is 467 g/mol. The lowest BCUT2D eigenvalue weighted by molar-refractivity contribution is -0.118. The SMILES string of the molecule is CCCSCC(=O)NCCc1ccc(S(=O)(=O)N2CCN(C3CCCCC3)C2=N)cc1. The molecule has 7 nitrogen and oxygen atoms in total. The predicted molar refractivity (Wildman–Crippen MR) is 126 cm³/mol. The van der Waals surface area contributed by atoms with Crippen LogP contribution in [0.2, 0.25) is 0 Å². The minimum atomic E-state index is -3.73. The van der Waals surface area contributed by atoms with Gasteiger partial charge in [0.25, 0.3) is 10.0 Å². The van der Waals surface area contributed by atoms with Gasteiger partial charge in [-0.2, -0.15) is 11.8 Å². The van der Waals surface area contributed by atoms with Crippen molar-refractivity contribution >= 4 is 33.7 Å². The number of guanidine groups is 1. The molecule has 1 heterocycles. The number of benzene rings is 1. The topological polar surface area (TPSA) is 93.6 Å².